The second kappa shape index (κ2) is 15.3. The zero-order valence-corrected chi connectivity index (χ0v) is 22.3. The van der Waals surface area contributed by atoms with Crippen LogP contribution in [0.25, 0.3) is 0 Å². The van der Waals surface area contributed by atoms with Gasteiger partial charge in [-0.25, -0.2) is 0 Å². The van der Waals surface area contributed by atoms with Gasteiger partial charge in [0.25, 0.3) is 0 Å². The summed E-state index contributed by atoms with van der Waals surface area (Å²) in [5.41, 5.74) is 0. The molecule has 246 valence electrons. The van der Waals surface area contributed by atoms with E-state index < -0.39 is 130 Å². The quantitative estimate of drug-likeness (QED) is 0.0850. The van der Waals surface area contributed by atoms with Crippen LogP contribution < -0.4 is 0 Å². The Morgan fingerprint density at radius 2 is 1.17 bits per heavy atom. The number of aldehydes is 1. The average molecular weight is 621 g/mol. The fraction of sp³-hybridized carbons (Fsp3) is 0.957. The van der Waals surface area contributed by atoms with E-state index in [1.165, 1.54) is 6.92 Å². The molecule has 0 aromatic rings. The first kappa shape index (κ1) is 35.4. The molecule has 3 fully saturated rings. The van der Waals surface area contributed by atoms with Gasteiger partial charge >= 0.3 is 0 Å². The van der Waals surface area contributed by atoms with Crippen LogP contribution >= 0.6 is 0 Å². The van der Waals surface area contributed by atoms with Gasteiger partial charge in [-0.3, -0.25) is 0 Å². The Labute approximate surface area is 238 Å². The van der Waals surface area contributed by atoms with E-state index in [0.717, 1.165) is 0 Å². The second-order valence-electron chi connectivity index (χ2n) is 10.3. The van der Waals surface area contributed by atoms with Gasteiger partial charge < -0.3 is 94.5 Å². The van der Waals surface area contributed by atoms with E-state index in [1.807, 2.05) is 0 Å². The minimum Gasteiger partial charge on any atom is -0.394 e. The van der Waals surface area contributed by atoms with Crippen molar-refractivity contribution in [3.8, 4) is 0 Å². The Balaban J connectivity index is 1.70. The third-order valence-corrected chi connectivity index (χ3v) is 7.35. The molecule has 0 aromatic heterocycles. The first-order valence-electron chi connectivity index (χ1n) is 13.1. The fourth-order valence-corrected chi connectivity index (χ4v) is 4.71. The van der Waals surface area contributed by atoms with Gasteiger partial charge in [-0.05, 0) is 6.92 Å². The second-order valence-corrected chi connectivity index (χ2v) is 10.3. The van der Waals surface area contributed by atoms with Crippen molar-refractivity contribution in [3.63, 3.8) is 0 Å². The Kier molecular flexibility index (Phi) is 12.9. The number of carbonyl (C=O) groups excluding carboxylic acids is 1. The van der Waals surface area contributed by atoms with Gasteiger partial charge in [-0.1, -0.05) is 0 Å². The summed E-state index contributed by atoms with van der Waals surface area (Å²) >= 11 is 0. The van der Waals surface area contributed by atoms with Crippen LogP contribution in [-0.2, 0) is 33.2 Å². The molecule has 0 amide bonds. The molecule has 0 aromatic carbocycles. The number of ether oxygens (including phenoxy) is 6. The van der Waals surface area contributed by atoms with Crippen molar-refractivity contribution in [2.45, 2.75) is 117 Å². The predicted molar refractivity (Wildman–Crippen MR) is 128 cm³/mol. The van der Waals surface area contributed by atoms with Gasteiger partial charge in [-0.15, -0.1) is 0 Å². The summed E-state index contributed by atoms with van der Waals surface area (Å²) in [5.74, 6) is 0. The van der Waals surface area contributed by atoms with Crippen molar-refractivity contribution in [2.24, 2.45) is 0 Å². The van der Waals surface area contributed by atoms with Crippen LogP contribution in [0.15, 0.2) is 0 Å². The van der Waals surface area contributed by atoms with Gasteiger partial charge in [0.1, 0.15) is 85.5 Å². The van der Waals surface area contributed by atoms with E-state index in [9.17, 15) is 66.1 Å². The van der Waals surface area contributed by atoms with Crippen LogP contribution in [0.3, 0.4) is 0 Å². The minimum atomic E-state index is -2.08. The highest BCUT2D eigenvalue weighted by molar-refractivity contribution is 5.56. The predicted octanol–water partition coefficient (Wildman–Crippen LogP) is -8.24. The number of aliphatic hydroxyl groups is 12. The number of carbonyl (C=O) groups is 1. The fourth-order valence-electron chi connectivity index (χ4n) is 4.71. The number of hydrogen-bond acceptors (Lipinski definition) is 19. The van der Waals surface area contributed by atoms with E-state index >= 15 is 0 Å². The minimum absolute atomic E-state index is 0.0695. The molecule has 42 heavy (non-hydrogen) atoms. The third kappa shape index (κ3) is 7.59. The van der Waals surface area contributed by atoms with Gasteiger partial charge in [0.05, 0.1) is 25.9 Å². The van der Waals surface area contributed by atoms with E-state index in [2.05, 4.69) is 0 Å². The highest BCUT2D eigenvalue weighted by atomic mass is 16.8. The summed E-state index contributed by atoms with van der Waals surface area (Å²) in [5, 5.41) is 121. The van der Waals surface area contributed by atoms with Crippen molar-refractivity contribution in [2.75, 3.05) is 19.8 Å². The Bertz CT molecular complexity index is 838. The smallest absolute Gasteiger partial charge is 0.187 e. The molecule has 0 aliphatic carbocycles. The van der Waals surface area contributed by atoms with Crippen molar-refractivity contribution >= 4 is 6.29 Å². The molecule has 0 unspecified atom stereocenters. The summed E-state index contributed by atoms with van der Waals surface area (Å²) in [6.45, 7) is -0.977. The average Bonchev–Trinajstić information content (AvgIpc) is 3.25. The van der Waals surface area contributed by atoms with E-state index in [-0.39, 0.29) is 6.29 Å². The standard InChI is InChI=1S/C23H40O19/c1-6-11(29)19(41-22-16(34)14(32)9(3-25)40-22)18(36)23(38-6)42-20-15(33)10(4-26)39-21(17(20)35)37-5-8(28)13(31)12(30)7(27)2-24/h2,6-23,25-36H,3-5H2,1H3/t6-,7-,8+,9+,10+,11-,12+,13+,14-,15+,16+,17+,18+,19+,20-,21+,22-,23+/m0/s1. The molecule has 3 rings (SSSR count). The van der Waals surface area contributed by atoms with Crippen LogP contribution in [0, 0.1) is 0 Å². The van der Waals surface area contributed by atoms with Gasteiger partial charge in [0, 0.05) is 0 Å². The molecule has 0 spiro atoms. The van der Waals surface area contributed by atoms with Gasteiger partial charge in [0.2, 0.25) is 0 Å². The molecule has 18 atom stereocenters. The summed E-state index contributed by atoms with van der Waals surface area (Å²) in [6.07, 6.45) is -30.5. The SMILES string of the molecule is C[C@@H]1O[C@H](O[C@@H]2[C@@H](O)[C@H](OC[C@@H](O)[C@@H](O)[C@H](O)[C@@H](O)C=O)O[C@H](CO)[C@H]2O)[C@H](O)[C@H](O[C@@H]2O[C@H](CO)[C@H](O)[C@H]2O)[C@H]1O. The molecule has 12 N–H and O–H groups in total. The molecule has 0 radical (unpaired) electrons. The maximum absolute atomic E-state index is 10.9. The molecule has 0 bridgehead atoms. The molecule has 3 aliphatic rings. The monoisotopic (exact) mass is 620 g/mol. The zero-order valence-electron chi connectivity index (χ0n) is 22.3. The Morgan fingerprint density at radius 3 is 1.71 bits per heavy atom. The molecule has 0 saturated carbocycles. The summed E-state index contributed by atoms with van der Waals surface area (Å²) in [7, 11) is 0. The highest BCUT2D eigenvalue weighted by Gasteiger charge is 2.53. The molecule has 3 aliphatic heterocycles. The lowest BCUT2D eigenvalue weighted by molar-refractivity contribution is -0.368. The summed E-state index contributed by atoms with van der Waals surface area (Å²) in [4.78, 5) is 10.6. The third-order valence-electron chi connectivity index (χ3n) is 7.35. The summed E-state index contributed by atoms with van der Waals surface area (Å²) < 4.78 is 32.3. The molecule has 19 heteroatoms. The largest absolute Gasteiger partial charge is 0.394 e. The lowest BCUT2D eigenvalue weighted by Crippen LogP contribution is -2.65. The molecular formula is C23H40O19. The van der Waals surface area contributed by atoms with E-state index in [4.69, 9.17) is 28.4 Å². The van der Waals surface area contributed by atoms with Crippen molar-refractivity contribution in [3.05, 3.63) is 0 Å². The van der Waals surface area contributed by atoms with Crippen LogP contribution in [0.4, 0.5) is 0 Å². The molecule has 3 saturated heterocycles. The topological polar surface area (TPSA) is 315 Å². The lowest BCUT2D eigenvalue weighted by Gasteiger charge is -2.46. The van der Waals surface area contributed by atoms with Gasteiger partial charge in [0.15, 0.2) is 25.2 Å². The van der Waals surface area contributed by atoms with E-state index in [1.54, 1.807) is 0 Å². The summed E-state index contributed by atoms with van der Waals surface area (Å²) in [6, 6.07) is 0. The number of rotatable bonds is 13. The van der Waals surface area contributed by atoms with Crippen molar-refractivity contribution < 1.29 is 94.5 Å². The lowest BCUT2D eigenvalue weighted by atomic mass is 9.97. The van der Waals surface area contributed by atoms with Crippen LogP contribution in [0.1, 0.15) is 6.92 Å². The van der Waals surface area contributed by atoms with Crippen LogP contribution in [0.2, 0.25) is 0 Å². The Morgan fingerprint density at radius 1 is 0.667 bits per heavy atom. The zero-order chi connectivity index (χ0) is 31.5. The normalized spacial score (nSPS) is 45.7. The number of hydrogen-bond donors (Lipinski definition) is 12. The van der Waals surface area contributed by atoms with Gasteiger partial charge in [-0.2, -0.15) is 0 Å². The first-order chi connectivity index (χ1) is 19.8. The maximum Gasteiger partial charge on any atom is 0.187 e. The molecule has 19 nitrogen and oxygen atoms in total. The molecule has 3 heterocycles. The van der Waals surface area contributed by atoms with Crippen LogP contribution in [0.5, 0.6) is 0 Å². The van der Waals surface area contributed by atoms with Crippen LogP contribution in [-0.4, -0.2) is 198 Å². The van der Waals surface area contributed by atoms with Crippen molar-refractivity contribution in [1.29, 1.82) is 0 Å². The Hall–Kier alpha value is -1.05. The number of aliphatic hydroxyl groups excluding tert-OH is 12. The molecular weight excluding hydrogens is 580 g/mol. The maximum atomic E-state index is 10.9. The van der Waals surface area contributed by atoms with Crippen molar-refractivity contribution in [1.82, 2.24) is 0 Å². The first-order valence-corrected chi connectivity index (χ1v) is 13.1. The highest BCUT2D eigenvalue weighted by Crippen LogP contribution is 2.33. The van der Waals surface area contributed by atoms with E-state index in [0.29, 0.717) is 0 Å².